The molecule has 0 saturated carbocycles. The van der Waals surface area contributed by atoms with Crippen molar-refractivity contribution in [3.05, 3.63) is 235 Å². The first kappa shape index (κ1) is 33.1. The number of ether oxygens (including phenoxy) is 1. The summed E-state index contributed by atoms with van der Waals surface area (Å²) in [6.07, 6.45) is 0. The van der Waals surface area contributed by atoms with Crippen LogP contribution in [0.25, 0.3) is 65.7 Å². The molecule has 1 spiro atoms. The number of nitrogens with zero attached hydrogens (tertiary/aromatic N) is 1. The van der Waals surface area contributed by atoms with Gasteiger partial charge in [-0.1, -0.05) is 152 Å². The first-order valence-electron chi connectivity index (χ1n) is 20.6. The molecule has 1 aliphatic carbocycles. The van der Waals surface area contributed by atoms with E-state index in [1.807, 2.05) is 0 Å². The fourth-order valence-corrected chi connectivity index (χ4v) is 10.3. The maximum Gasteiger partial charge on any atom is 0.143 e. The quantitative estimate of drug-likeness (QED) is 0.178. The standard InChI is InChI=1S/C57H35NO2/c1-3-15-42-36(12-1)14-11-18-43(42)38-24-27-39(28-25-38)58(40-30-33-53-48(34-40)47-31-26-37-13-2-4-16-44(37)56(47)60-53)41-29-32-46-45-17-5-6-19-49(45)57(52(46)35-41)50-20-7-9-22-54(50)59-55-23-10-8-21-51(55)57/h1-35H. The highest BCUT2D eigenvalue weighted by Gasteiger charge is 2.51. The van der Waals surface area contributed by atoms with Crippen molar-refractivity contribution in [3.63, 3.8) is 0 Å². The van der Waals surface area contributed by atoms with E-state index < -0.39 is 5.41 Å². The molecule has 280 valence electrons. The lowest BCUT2D eigenvalue weighted by atomic mass is 9.66. The van der Waals surface area contributed by atoms with Gasteiger partial charge in [-0.25, -0.2) is 0 Å². The van der Waals surface area contributed by atoms with Crippen molar-refractivity contribution >= 4 is 60.5 Å². The zero-order valence-electron chi connectivity index (χ0n) is 32.5. The second-order valence-corrected chi connectivity index (χ2v) is 16.0. The minimum atomic E-state index is -0.580. The SMILES string of the molecule is c1ccc2c(c1)Oc1ccccc1C21c2ccccc2-c2ccc(N(c3ccc(-c4cccc5ccccc45)cc3)c3ccc4oc5c6ccccc6ccc5c4c3)cc21. The number of anilines is 3. The molecule has 1 aliphatic heterocycles. The number of furan rings is 1. The molecule has 0 fully saturated rings. The van der Waals surface area contributed by atoms with Crippen molar-refractivity contribution in [2.24, 2.45) is 0 Å². The van der Waals surface area contributed by atoms with Crippen LogP contribution in [-0.2, 0) is 5.41 Å². The van der Waals surface area contributed by atoms with Crippen LogP contribution in [0.15, 0.2) is 217 Å². The first-order chi connectivity index (χ1) is 29.7. The third-order valence-electron chi connectivity index (χ3n) is 12.9. The van der Waals surface area contributed by atoms with Gasteiger partial charge in [-0.2, -0.15) is 0 Å². The average Bonchev–Trinajstić information content (AvgIpc) is 3.83. The Balaban J connectivity index is 1.05. The third-order valence-corrected chi connectivity index (χ3v) is 12.9. The van der Waals surface area contributed by atoms with Gasteiger partial charge in [0, 0.05) is 44.3 Å². The summed E-state index contributed by atoms with van der Waals surface area (Å²) in [7, 11) is 0. The number of hydrogen-bond acceptors (Lipinski definition) is 3. The van der Waals surface area contributed by atoms with Crippen LogP contribution in [0, 0.1) is 0 Å². The lowest BCUT2D eigenvalue weighted by molar-refractivity contribution is 0.436. The van der Waals surface area contributed by atoms with E-state index in [1.165, 1.54) is 49.5 Å². The predicted octanol–water partition coefficient (Wildman–Crippen LogP) is 15.5. The van der Waals surface area contributed by atoms with Gasteiger partial charge in [-0.3, -0.25) is 0 Å². The van der Waals surface area contributed by atoms with E-state index in [9.17, 15) is 0 Å². The molecule has 11 aromatic rings. The Hall–Kier alpha value is -7.88. The molecule has 0 N–H and O–H groups in total. The minimum Gasteiger partial charge on any atom is -0.457 e. The van der Waals surface area contributed by atoms with Gasteiger partial charge in [0.2, 0.25) is 0 Å². The van der Waals surface area contributed by atoms with E-state index in [4.69, 9.17) is 9.15 Å². The lowest BCUT2D eigenvalue weighted by Gasteiger charge is -2.39. The van der Waals surface area contributed by atoms with E-state index in [0.717, 1.165) is 67.0 Å². The van der Waals surface area contributed by atoms with Crippen molar-refractivity contribution in [1.29, 1.82) is 0 Å². The normalized spacial score (nSPS) is 13.3. The van der Waals surface area contributed by atoms with Crippen LogP contribution in [0.2, 0.25) is 0 Å². The van der Waals surface area contributed by atoms with Crippen LogP contribution in [0.4, 0.5) is 17.1 Å². The summed E-state index contributed by atoms with van der Waals surface area (Å²) >= 11 is 0. The Kier molecular flexibility index (Phi) is 6.93. The Morgan fingerprint density at radius 3 is 1.73 bits per heavy atom. The lowest BCUT2D eigenvalue weighted by Crippen LogP contribution is -2.32. The van der Waals surface area contributed by atoms with Crippen molar-refractivity contribution in [2.45, 2.75) is 5.41 Å². The predicted molar refractivity (Wildman–Crippen MR) is 246 cm³/mol. The summed E-state index contributed by atoms with van der Waals surface area (Å²) < 4.78 is 13.3. The molecule has 13 rings (SSSR count). The molecule has 0 amide bonds. The van der Waals surface area contributed by atoms with E-state index in [-0.39, 0.29) is 0 Å². The highest BCUT2D eigenvalue weighted by molar-refractivity contribution is 6.15. The molecule has 0 unspecified atom stereocenters. The number of hydrogen-bond donors (Lipinski definition) is 0. The summed E-state index contributed by atoms with van der Waals surface area (Å²) in [6.45, 7) is 0. The van der Waals surface area contributed by atoms with Crippen LogP contribution in [0.3, 0.4) is 0 Å². The Labute approximate surface area is 347 Å². The smallest absolute Gasteiger partial charge is 0.143 e. The first-order valence-corrected chi connectivity index (χ1v) is 20.6. The number of para-hydroxylation sites is 2. The average molecular weight is 766 g/mol. The molecule has 10 aromatic carbocycles. The Morgan fingerprint density at radius 2 is 0.933 bits per heavy atom. The summed E-state index contributed by atoms with van der Waals surface area (Å²) in [6, 6.07) is 76.8. The molecule has 1 aromatic heterocycles. The molecule has 3 heteroatoms. The largest absolute Gasteiger partial charge is 0.457 e. The van der Waals surface area contributed by atoms with Gasteiger partial charge in [0.15, 0.2) is 0 Å². The summed E-state index contributed by atoms with van der Waals surface area (Å²) in [4.78, 5) is 2.40. The molecule has 0 saturated heterocycles. The molecule has 0 bridgehead atoms. The van der Waals surface area contributed by atoms with Gasteiger partial charge in [0.05, 0.1) is 5.41 Å². The molecule has 0 atom stereocenters. The summed E-state index contributed by atoms with van der Waals surface area (Å²) in [5.74, 6) is 1.77. The Morgan fingerprint density at radius 1 is 0.350 bits per heavy atom. The van der Waals surface area contributed by atoms with Gasteiger partial charge < -0.3 is 14.1 Å². The Bertz CT molecular complexity index is 3490. The highest BCUT2D eigenvalue weighted by atomic mass is 16.5. The van der Waals surface area contributed by atoms with Crippen molar-refractivity contribution in [3.8, 4) is 33.8 Å². The maximum atomic E-state index is 6.66. The van der Waals surface area contributed by atoms with E-state index in [2.05, 4.69) is 217 Å². The third kappa shape index (κ3) is 4.60. The van der Waals surface area contributed by atoms with Crippen LogP contribution in [-0.4, -0.2) is 0 Å². The molecule has 2 aliphatic rings. The number of fused-ring (bicyclic) bond motifs is 15. The zero-order chi connectivity index (χ0) is 39.4. The van der Waals surface area contributed by atoms with Crippen LogP contribution >= 0.6 is 0 Å². The van der Waals surface area contributed by atoms with Gasteiger partial charge in [0.1, 0.15) is 22.7 Å². The highest BCUT2D eigenvalue weighted by Crippen LogP contribution is 2.62. The van der Waals surface area contributed by atoms with Crippen LogP contribution < -0.4 is 9.64 Å². The molecule has 2 heterocycles. The van der Waals surface area contributed by atoms with E-state index in [0.29, 0.717) is 0 Å². The molecule has 3 nitrogen and oxygen atoms in total. The monoisotopic (exact) mass is 765 g/mol. The fourth-order valence-electron chi connectivity index (χ4n) is 10.3. The van der Waals surface area contributed by atoms with E-state index in [1.54, 1.807) is 0 Å². The van der Waals surface area contributed by atoms with Crippen molar-refractivity contribution in [1.82, 2.24) is 0 Å². The molecular formula is C57H35NO2. The zero-order valence-corrected chi connectivity index (χ0v) is 32.5. The summed E-state index contributed by atoms with van der Waals surface area (Å²) in [5.41, 5.74) is 14.1. The van der Waals surface area contributed by atoms with Crippen LogP contribution in [0.1, 0.15) is 22.3 Å². The molecule has 0 radical (unpaired) electrons. The maximum absolute atomic E-state index is 6.66. The summed E-state index contributed by atoms with van der Waals surface area (Å²) in [5, 5.41) is 6.96. The fraction of sp³-hybridized carbons (Fsp3) is 0.0175. The van der Waals surface area contributed by atoms with Crippen LogP contribution in [0.5, 0.6) is 11.5 Å². The topological polar surface area (TPSA) is 25.6 Å². The van der Waals surface area contributed by atoms with Gasteiger partial charge >= 0.3 is 0 Å². The van der Waals surface area contributed by atoms with Gasteiger partial charge in [0.25, 0.3) is 0 Å². The van der Waals surface area contributed by atoms with Gasteiger partial charge in [-0.15, -0.1) is 0 Å². The second-order valence-electron chi connectivity index (χ2n) is 16.0. The minimum absolute atomic E-state index is 0.580. The number of rotatable bonds is 4. The second kappa shape index (κ2) is 12.6. The van der Waals surface area contributed by atoms with E-state index >= 15 is 0 Å². The number of benzene rings is 10. The molecular weight excluding hydrogens is 731 g/mol. The van der Waals surface area contributed by atoms with Crippen molar-refractivity contribution in [2.75, 3.05) is 4.90 Å². The molecule has 60 heavy (non-hydrogen) atoms. The van der Waals surface area contributed by atoms with Gasteiger partial charge in [-0.05, 0) is 110 Å². The van der Waals surface area contributed by atoms with Crippen molar-refractivity contribution < 1.29 is 9.15 Å².